The van der Waals surface area contributed by atoms with Gasteiger partial charge in [-0.2, -0.15) is 4.31 Å². The van der Waals surface area contributed by atoms with Crippen molar-refractivity contribution in [3.05, 3.63) is 65.5 Å². The molecule has 2 aromatic carbocycles. The van der Waals surface area contributed by atoms with Crippen LogP contribution in [0.5, 0.6) is 0 Å². The summed E-state index contributed by atoms with van der Waals surface area (Å²) in [6.45, 7) is 6.61. The zero-order valence-electron chi connectivity index (χ0n) is 18.1. The maximum absolute atomic E-state index is 13.0. The van der Waals surface area contributed by atoms with Gasteiger partial charge in [-0.05, 0) is 63.6 Å². The van der Waals surface area contributed by atoms with Crippen LogP contribution in [0, 0.1) is 5.82 Å². The summed E-state index contributed by atoms with van der Waals surface area (Å²) in [7, 11) is -2.31. The van der Waals surface area contributed by atoms with Crippen molar-refractivity contribution in [2.75, 3.05) is 7.05 Å². The van der Waals surface area contributed by atoms with Gasteiger partial charge in [-0.3, -0.25) is 4.79 Å². The first kappa shape index (κ1) is 24.5. The van der Waals surface area contributed by atoms with Crippen molar-refractivity contribution in [1.29, 1.82) is 0 Å². The molecule has 0 saturated heterocycles. The molecule has 1 amide bonds. The Morgan fingerprint density at radius 3 is 2.23 bits per heavy atom. The van der Waals surface area contributed by atoms with Gasteiger partial charge < -0.3 is 10.1 Å². The Kier molecular flexibility index (Phi) is 7.91. The molecule has 0 spiro atoms. The fraction of sp³-hybridized carbons (Fsp3) is 0.364. The van der Waals surface area contributed by atoms with Crippen LogP contribution in [-0.4, -0.2) is 43.8 Å². The summed E-state index contributed by atoms with van der Waals surface area (Å²) in [4.78, 5) is 24.8. The minimum Gasteiger partial charge on any atom is -0.449 e. The molecule has 0 heterocycles. The van der Waals surface area contributed by atoms with Gasteiger partial charge in [0.05, 0.1) is 16.5 Å². The van der Waals surface area contributed by atoms with E-state index in [0.717, 1.165) is 0 Å². The molecule has 31 heavy (non-hydrogen) atoms. The van der Waals surface area contributed by atoms with Crippen molar-refractivity contribution in [2.24, 2.45) is 0 Å². The van der Waals surface area contributed by atoms with Gasteiger partial charge in [0.15, 0.2) is 6.10 Å². The van der Waals surface area contributed by atoms with Gasteiger partial charge in [0, 0.05) is 13.1 Å². The molecule has 2 aromatic rings. The number of halogens is 1. The largest absolute Gasteiger partial charge is 0.449 e. The van der Waals surface area contributed by atoms with Gasteiger partial charge in [0.2, 0.25) is 10.0 Å². The summed E-state index contributed by atoms with van der Waals surface area (Å²) in [6.07, 6.45) is -1.12. The third kappa shape index (κ3) is 6.11. The molecule has 9 heteroatoms. The van der Waals surface area contributed by atoms with Gasteiger partial charge in [-0.15, -0.1) is 0 Å². The maximum Gasteiger partial charge on any atom is 0.338 e. The Balaban J connectivity index is 2.07. The fourth-order valence-electron chi connectivity index (χ4n) is 2.67. The number of carbonyl (C=O) groups is 2. The second-order valence-electron chi connectivity index (χ2n) is 7.47. The number of ether oxygens (including phenoxy) is 1. The lowest BCUT2D eigenvalue weighted by molar-refractivity contribution is -0.129. The molecule has 1 N–H and O–H groups in total. The van der Waals surface area contributed by atoms with Gasteiger partial charge in [0.1, 0.15) is 5.82 Å². The van der Waals surface area contributed by atoms with Crippen LogP contribution in [0.1, 0.15) is 49.7 Å². The summed E-state index contributed by atoms with van der Waals surface area (Å²) in [6, 6.07) is 10.5. The molecular formula is C22H27FN2O5S. The predicted molar refractivity (Wildman–Crippen MR) is 114 cm³/mol. The van der Waals surface area contributed by atoms with E-state index in [9.17, 15) is 22.4 Å². The highest BCUT2D eigenvalue weighted by Gasteiger charge is 2.25. The molecule has 0 aliphatic rings. The SMILES string of the molecule is CC(OC(=O)c1cccc(S(=O)(=O)N(C)C(C)C)c1)C(=O)NC(C)c1ccc(F)cc1. The van der Waals surface area contributed by atoms with Crippen LogP contribution in [0.15, 0.2) is 53.4 Å². The van der Waals surface area contributed by atoms with Crippen molar-refractivity contribution in [2.45, 2.75) is 50.8 Å². The average Bonchev–Trinajstić information content (AvgIpc) is 2.73. The zero-order chi connectivity index (χ0) is 23.3. The van der Waals surface area contributed by atoms with Crippen molar-refractivity contribution < 1.29 is 27.1 Å². The molecular weight excluding hydrogens is 423 g/mol. The molecule has 7 nitrogen and oxygen atoms in total. The van der Waals surface area contributed by atoms with Gasteiger partial charge in [0.25, 0.3) is 5.91 Å². The second-order valence-corrected chi connectivity index (χ2v) is 9.47. The number of sulfonamides is 1. The van der Waals surface area contributed by atoms with Crippen LogP contribution >= 0.6 is 0 Å². The summed E-state index contributed by atoms with van der Waals surface area (Å²) < 4.78 is 44.7. The average molecular weight is 451 g/mol. The zero-order valence-corrected chi connectivity index (χ0v) is 18.9. The number of benzene rings is 2. The number of hydrogen-bond acceptors (Lipinski definition) is 5. The van der Waals surface area contributed by atoms with Gasteiger partial charge in [-0.1, -0.05) is 18.2 Å². The topological polar surface area (TPSA) is 92.8 Å². The predicted octanol–water partition coefficient (Wildman–Crippen LogP) is 3.28. The number of nitrogens with one attached hydrogen (secondary N) is 1. The first-order valence-electron chi connectivity index (χ1n) is 9.78. The van der Waals surface area contributed by atoms with Crippen LogP contribution < -0.4 is 5.32 Å². The molecule has 0 aromatic heterocycles. The van der Waals surface area contributed by atoms with E-state index in [1.807, 2.05) is 0 Å². The number of rotatable bonds is 8. The number of nitrogens with zero attached hydrogens (tertiary/aromatic N) is 1. The van der Waals surface area contributed by atoms with E-state index in [0.29, 0.717) is 5.56 Å². The third-order valence-electron chi connectivity index (χ3n) is 4.86. The highest BCUT2D eigenvalue weighted by molar-refractivity contribution is 7.89. The summed E-state index contributed by atoms with van der Waals surface area (Å²) in [5.74, 6) is -1.73. The van der Waals surface area contributed by atoms with E-state index in [2.05, 4.69) is 5.32 Å². The monoisotopic (exact) mass is 450 g/mol. The van der Waals surface area contributed by atoms with E-state index in [1.165, 1.54) is 54.7 Å². The minimum absolute atomic E-state index is 0.0180. The normalized spacial score (nSPS) is 13.7. The summed E-state index contributed by atoms with van der Waals surface area (Å²) >= 11 is 0. The standard InChI is InChI=1S/C22H27FN2O5S/c1-14(2)25(5)31(28,29)20-8-6-7-18(13-20)22(27)30-16(4)21(26)24-15(3)17-9-11-19(23)12-10-17/h6-16H,1-5H3,(H,24,26). The van der Waals surface area contributed by atoms with Crippen LogP contribution in [0.3, 0.4) is 0 Å². The van der Waals surface area contributed by atoms with Gasteiger partial charge in [-0.25, -0.2) is 17.6 Å². The molecule has 0 aliphatic heterocycles. The van der Waals surface area contributed by atoms with E-state index in [-0.39, 0.29) is 22.3 Å². The Labute approximate surface area is 182 Å². The molecule has 0 saturated carbocycles. The Morgan fingerprint density at radius 2 is 1.65 bits per heavy atom. The van der Waals surface area contributed by atoms with E-state index < -0.39 is 34.0 Å². The van der Waals surface area contributed by atoms with Crippen LogP contribution in [0.4, 0.5) is 4.39 Å². The van der Waals surface area contributed by atoms with E-state index in [4.69, 9.17) is 4.74 Å². The minimum atomic E-state index is -3.77. The number of amides is 1. The number of hydrogen-bond donors (Lipinski definition) is 1. The molecule has 2 atom stereocenters. The molecule has 168 valence electrons. The van der Waals surface area contributed by atoms with Crippen molar-refractivity contribution in [3.8, 4) is 0 Å². The molecule has 2 rings (SSSR count). The van der Waals surface area contributed by atoms with E-state index in [1.54, 1.807) is 32.9 Å². The number of esters is 1. The van der Waals surface area contributed by atoms with Crippen LogP contribution in [-0.2, 0) is 19.6 Å². The second kappa shape index (κ2) is 10.0. The van der Waals surface area contributed by atoms with Crippen LogP contribution in [0.2, 0.25) is 0 Å². The maximum atomic E-state index is 13.0. The molecule has 0 aliphatic carbocycles. The third-order valence-corrected chi connectivity index (χ3v) is 6.89. The summed E-state index contributed by atoms with van der Waals surface area (Å²) in [5.41, 5.74) is 0.713. The fourth-order valence-corrected chi connectivity index (χ4v) is 4.09. The lowest BCUT2D eigenvalue weighted by Crippen LogP contribution is -2.37. The van der Waals surface area contributed by atoms with Crippen LogP contribution in [0.25, 0.3) is 0 Å². The smallest absolute Gasteiger partial charge is 0.338 e. The Morgan fingerprint density at radius 1 is 1.03 bits per heavy atom. The Hall–Kier alpha value is -2.78. The molecule has 0 fully saturated rings. The lowest BCUT2D eigenvalue weighted by atomic mass is 10.1. The first-order chi connectivity index (χ1) is 14.4. The van der Waals surface area contributed by atoms with Crippen molar-refractivity contribution in [1.82, 2.24) is 9.62 Å². The first-order valence-corrected chi connectivity index (χ1v) is 11.2. The van der Waals surface area contributed by atoms with E-state index >= 15 is 0 Å². The summed E-state index contributed by atoms with van der Waals surface area (Å²) in [5, 5.41) is 2.69. The lowest BCUT2D eigenvalue weighted by Gasteiger charge is -2.21. The highest BCUT2D eigenvalue weighted by atomic mass is 32.2. The molecule has 0 radical (unpaired) electrons. The molecule has 0 bridgehead atoms. The Bertz CT molecular complexity index is 1040. The number of carbonyl (C=O) groups excluding carboxylic acids is 2. The van der Waals surface area contributed by atoms with Gasteiger partial charge >= 0.3 is 5.97 Å². The van der Waals surface area contributed by atoms with Crippen molar-refractivity contribution in [3.63, 3.8) is 0 Å². The highest BCUT2D eigenvalue weighted by Crippen LogP contribution is 2.19. The quantitative estimate of drug-likeness (QED) is 0.623. The molecule has 2 unspecified atom stereocenters. The van der Waals surface area contributed by atoms with Crippen molar-refractivity contribution >= 4 is 21.9 Å².